The van der Waals surface area contributed by atoms with Gasteiger partial charge in [-0.15, -0.1) is 22.7 Å². The smallest absolute Gasteiger partial charge is 0.291 e. The maximum Gasteiger partial charge on any atom is 0.291 e. The molecular formula is C46H39FN8O5S2. The zero-order chi connectivity index (χ0) is 43.1. The van der Waals surface area contributed by atoms with Crippen molar-refractivity contribution in [2.24, 2.45) is 14.1 Å². The fraction of sp³-hybridized carbons (Fsp3) is 0.174. The molecule has 62 heavy (non-hydrogen) atoms. The minimum atomic E-state index is -1.31. The second kappa shape index (κ2) is 16.8. The SMILES string of the molecule is COc1cccc(Cn2ncc3c4sc(C(F)c5ccccc5)nc4n(C)c3c2=O)c1.COc1cccc(Cn2ncc3c4sc(C(O)c5ccccc5)nc4n(C)c3c2=O)c1. The molecule has 0 spiro atoms. The first-order chi connectivity index (χ1) is 30.1. The molecular weight excluding hydrogens is 828 g/mol. The van der Waals surface area contributed by atoms with E-state index >= 15 is 4.39 Å². The number of halogens is 1. The van der Waals surface area contributed by atoms with Crippen LogP contribution in [0.15, 0.2) is 131 Å². The van der Waals surface area contributed by atoms with Gasteiger partial charge < -0.3 is 23.7 Å². The Labute approximate surface area is 361 Å². The Kier molecular flexibility index (Phi) is 10.9. The van der Waals surface area contributed by atoms with E-state index in [1.807, 2.05) is 92.0 Å². The van der Waals surface area contributed by atoms with Gasteiger partial charge in [0.1, 0.15) is 38.7 Å². The molecule has 1 N–H and O–H groups in total. The molecule has 0 saturated carbocycles. The number of aliphatic hydroxyl groups excluding tert-OH is 1. The summed E-state index contributed by atoms with van der Waals surface area (Å²) in [6, 6.07) is 33.5. The van der Waals surface area contributed by atoms with Crippen molar-refractivity contribution in [1.82, 2.24) is 38.7 Å². The Balaban J connectivity index is 0.000000158. The number of hydrogen-bond donors (Lipinski definition) is 1. The molecule has 10 rings (SSSR count). The van der Waals surface area contributed by atoms with Crippen molar-refractivity contribution in [2.75, 3.05) is 14.2 Å². The summed E-state index contributed by atoms with van der Waals surface area (Å²) < 4.78 is 33.5. The maximum atomic E-state index is 15.0. The molecule has 13 nitrogen and oxygen atoms in total. The molecule has 0 saturated heterocycles. The molecule has 0 fully saturated rings. The third-order valence-electron chi connectivity index (χ3n) is 10.7. The van der Waals surface area contributed by atoms with Gasteiger partial charge in [-0.3, -0.25) is 9.59 Å². The number of aryl methyl sites for hydroxylation is 2. The lowest BCUT2D eigenvalue weighted by Gasteiger charge is -2.08. The van der Waals surface area contributed by atoms with Crippen LogP contribution in [0.1, 0.15) is 44.5 Å². The number of nitrogens with zero attached hydrogens (tertiary/aromatic N) is 8. The number of thiazole rings is 2. The van der Waals surface area contributed by atoms with Crippen LogP contribution in [-0.4, -0.2) is 58.0 Å². The van der Waals surface area contributed by atoms with E-state index in [1.165, 1.54) is 32.0 Å². The second-order valence-electron chi connectivity index (χ2n) is 14.6. The Morgan fingerprint density at radius 2 is 1.08 bits per heavy atom. The van der Waals surface area contributed by atoms with Crippen LogP contribution in [-0.2, 0) is 27.2 Å². The fourth-order valence-corrected chi connectivity index (χ4v) is 9.73. The number of hydrogen-bond acceptors (Lipinski definition) is 11. The van der Waals surface area contributed by atoms with Gasteiger partial charge in [-0.05, 0) is 46.5 Å². The first-order valence-corrected chi connectivity index (χ1v) is 21.1. The number of benzene rings is 4. The monoisotopic (exact) mass is 866 g/mol. The van der Waals surface area contributed by atoms with Crippen molar-refractivity contribution >= 4 is 65.2 Å². The van der Waals surface area contributed by atoms with E-state index < -0.39 is 12.3 Å². The third-order valence-corrected chi connectivity index (χ3v) is 12.9. The zero-order valence-corrected chi connectivity index (χ0v) is 35.6. The van der Waals surface area contributed by atoms with Crippen molar-refractivity contribution in [2.45, 2.75) is 25.4 Å². The number of ether oxygens (including phenoxy) is 2. The van der Waals surface area contributed by atoms with Crippen molar-refractivity contribution < 1.29 is 19.0 Å². The van der Waals surface area contributed by atoms with Gasteiger partial charge in [0.25, 0.3) is 11.1 Å². The van der Waals surface area contributed by atoms with Gasteiger partial charge in [0.05, 0.1) is 49.1 Å². The fourth-order valence-electron chi connectivity index (χ4n) is 7.49. The maximum absolute atomic E-state index is 15.0. The number of aromatic nitrogens is 8. The van der Waals surface area contributed by atoms with Gasteiger partial charge in [0, 0.05) is 24.9 Å². The first-order valence-electron chi connectivity index (χ1n) is 19.5. The minimum Gasteiger partial charge on any atom is -0.497 e. The molecule has 312 valence electrons. The van der Waals surface area contributed by atoms with E-state index in [0.717, 1.165) is 43.0 Å². The minimum absolute atomic E-state index is 0.182. The topological polar surface area (TPSA) is 144 Å². The number of fused-ring (bicyclic) bond motifs is 6. The molecule has 6 aromatic heterocycles. The highest BCUT2D eigenvalue weighted by Gasteiger charge is 2.24. The summed E-state index contributed by atoms with van der Waals surface area (Å²) in [6.45, 7) is 0.667. The summed E-state index contributed by atoms with van der Waals surface area (Å²) in [7, 11) is 6.82. The van der Waals surface area contributed by atoms with Gasteiger partial charge in [0.15, 0.2) is 17.5 Å². The highest BCUT2D eigenvalue weighted by molar-refractivity contribution is 7.20. The molecule has 2 atom stereocenters. The average Bonchev–Trinajstić information content (AvgIpc) is 4.07. The quantitative estimate of drug-likeness (QED) is 0.145. The molecule has 0 aliphatic rings. The van der Waals surface area contributed by atoms with E-state index in [2.05, 4.69) is 20.2 Å². The summed E-state index contributed by atoms with van der Waals surface area (Å²) in [5.74, 6) is 1.46. The Morgan fingerprint density at radius 1 is 0.629 bits per heavy atom. The Hall–Kier alpha value is -7.01. The van der Waals surface area contributed by atoms with Gasteiger partial charge in [0.2, 0.25) is 0 Å². The molecule has 4 aromatic carbocycles. The molecule has 0 aliphatic carbocycles. The van der Waals surface area contributed by atoms with E-state index in [1.54, 1.807) is 67.1 Å². The lowest BCUT2D eigenvalue weighted by atomic mass is 10.1. The van der Waals surface area contributed by atoms with Gasteiger partial charge in [-0.2, -0.15) is 10.2 Å². The molecule has 0 amide bonds. The lowest BCUT2D eigenvalue weighted by Crippen LogP contribution is -2.24. The van der Waals surface area contributed by atoms with Gasteiger partial charge in [-0.25, -0.2) is 23.7 Å². The standard InChI is InChI=1S/C23H19FN4O2S.C23H20N4O3S/c1-27-19-17(12-25-28(23(19)29)13-14-7-6-10-16(11-14)30-2)20-21(27)26-22(31-20)18(24)15-8-4-3-5-9-15;1-26-18-17(12-24-27(23(18)29)13-14-7-6-10-16(11-14)30-2)20-21(26)25-22(31-20)19(28)15-8-4-3-5-9-15/h3-12,18H,13H2,1-2H3;3-12,19,28H,13H2,1-2H3. The predicted octanol–water partition coefficient (Wildman–Crippen LogP) is 7.94. The predicted molar refractivity (Wildman–Crippen MR) is 240 cm³/mol. The van der Waals surface area contributed by atoms with Crippen LogP contribution < -0.4 is 20.6 Å². The van der Waals surface area contributed by atoms with Crippen molar-refractivity contribution in [3.63, 3.8) is 0 Å². The van der Waals surface area contributed by atoms with E-state index in [9.17, 15) is 14.7 Å². The largest absolute Gasteiger partial charge is 0.497 e. The van der Waals surface area contributed by atoms with Crippen LogP contribution in [0.3, 0.4) is 0 Å². The molecule has 0 bridgehead atoms. The van der Waals surface area contributed by atoms with Crippen molar-refractivity contribution in [3.05, 3.63) is 175 Å². The number of aliphatic hydroxyl groups is 1. The number of methoxy groups -OCH3 is 2. The number of alkyl halides is 1. The Morgan fingerprint density at radius 3 is 1.56 bits per heavy atom. The van der Waals surface area contributed by atoms with Gasteiger partial charge in [-0.1, -0.05) is 84.9 Å². The molecule has 0 aliphatic heterocycles. The third kappa shape index (κ3) is 7.41. The van der Waals surface area contributed by atoms with Crippen LogP contribution in [0.25, 0.3) is 42.5 Å². The highest BCUT2D eigenvalue weighted by atomic mass is 32.1. The number of rotatable bonds is 10. The molecule has 0 radical (unpaired) electrons. The summed E-state index contributed by atoms with van der Waals surface area (Å²) in [4.78, 5) is 35.5. The normalized spacial score (nSPS) is 12.5. The summed E-state index contributed by atoms with van der Waals surface area (Å²) >= 11 is 2.65. The van der Waals surface area contributed by atoms with Crippen LogP contribution in [0.5, 0.6) is 11.5 Å². The summed E-state index contributed by atoms with van der Waals surface area (Å²) in [5, 5.41) is 21.9. The lowest BCUT2D eigenvalue weighted by molar-refractivity contribution is 0.220. The van der Waals surface area contributed by atoms with Crippen LogP contribution in [0.2, 0.25) is 0 Å². The van der Waals surface area contributed by atoms with E-state index in [-0.39, 0.29) is 11.1 Å². The second-order valence-corrected chi connectivity index (χ2v) is 16.6. The molecule has 10 aromatic rings. The molecule has 16 heteroatoms. The van der Waals surface area contributed by atoms with Crippen molar-refractivity contribution in [1.29, 1.82) is 0 Å². The van der Waals surface area contributed by atoms with Crippen LogP contribution in [0.4, 0.5) is 4.39 Å². The van der Waals surface area contributed by atoms with E-state index in [0.29, 0.717) is 56.4 Å². The van der Waals surface area contributed by atoms with Crippen LogP contribution in [0, 0.1) is 0 Å². The average molecular weight is 867 g/mol. The highest BCUT2D eigenvalue weighted by Crippen LogP contribution is 2.37. The molecule has 2 unspecified atom stereocenters. The first kappa shape index (κ1) is 40.4. The van der Waals surface area contributed by atoms with Gasteiger partial charge >= 0.3 is 0 Å². The summed E-state index contributed by atoms with van der Waals surface area (Å²) in [6.07, 6.45) is 1.25. The molecule has 6 heterocycles. The van der Waals surface area contributed by atoms with Crippen molar-refractivity contribution in [3.8, 4) is 11.5 Å². The Bertz CT molecular complexity index is 3130. The van der Waals surface area contributed by atoms with E-state index in [4.69, 9.17) is 9.47 Å². The van der Waals surface area contributed by atoms with Crippen LogP contribution >= 0.6 is 22.7 Å². The summed E-state index contributed by atoms with van der Waals surface area (Å²) in [5.41, 5.74) is 5.10. The zero-order valence-electron chi connectivity index (χ0n) is 34.0.